The van der Waals surface area contributed by atoms with Crippen molar-refractivity contribution in [3.05, 3.63) is 29.3 Å². The highest BCUT2D eigenvalue weighted by molar-refractivity contribution is 5.84. The van der Waals surface area contributed by atoms with E-state index in [2.05, 4.69) is 39.0 Å². The molecule has 0 bridgehead atoms. The molecule has 1 saturated carbocycles. The van der Waals surface area contributed by atoms with Gasteiger partial charge in [-0.1, -0.05) is 32.9 Å². The zero-order chi connectivity index (χ0) is 13.6. The number of hydrogen-bond acceptors (Lipinski definition) is 2. The van der Waals surface area contributed by atoms with Crippen LogP contribution in [0.2, 0.25) is 0 Å². The Bertz CT molecular complexity index is 506. The van der Waals surface area contributed by atoms with E-state index >= 15 is 0 Å². The van der Waals surface area contributed by atoms with Crippen molar-refractivity contribution in [3.8, 4) is 5.75 Å². The second kappa shape index (κ2) is 4.66. The highest BCUT2D eigenvalue weighted by atomic mass is 16.5. The van der Waals surface area contributed by atoms with Gasteiger partial charge >= 0.3 is 0 Å². The number of fused-ring (bicyclic) bond motifs is 1. The smallest absolute Gasteiger partial charge is 0.173 e. The van der Waals surface area contributed by atoms with Crippen LogP contribution >= 0.6 is 0 Å². The maximum absolute atomic E-state index is 12.1. The van der Waals surface area contributed by atoms with Crippen molar-refractivity contribution in [1.82, 2.24) is 0 Å². The summed E-state index contributed by atoms with van der Waals surface area (Å²) in [7, 11) is 0. The Morgan fingerprint density at radius 2 is 2.05 bits per heavy atom. The summed E-state index contributed by atoms with van der Waals surface area (Å²) >= 11 is 0. The molecule has 102 valence electrons. The topological polar surface area (TPSA) is 26.3 Å². The molecular formula is C17H22O2. The molecule has 0 N–H and O–H groups in total. The van der Waals surface area contributed by atoms with E-state index in [1.54, 1.807) is 0 Å². The van der Waals surface area contributed by atoms with Gasteiger partial charge in [-0.2, -0.15) is 0 Å². The lowest BCUT2D eigenvalue weighted by Crippen LogP contribution is -2.22. The van der Waals surface area contributed by atoms with Crippen LogP contribution in [-0.4, -0.2) is 12.4 Å². The average Bonchev–Trinajstić information content (AvgIpc) is 3.14. The maximum Gasteiger partial charge on any atom is 0.173 e. The van der Waals surface area contributed by atoms with Crippen LogP contribution in [0.1, 0.15) is 56.6 Å². The third-order valence-electron chi connectivity index (χ3n) is 4.89. The van der Waals surface area contributed by atoms with Gasteiger partial charge in [0.25, 0.3) is 0 Å². The minimum Gasteiger partial charge on any atom is -0.486 e. The predicted molar refractivity (Wildman–Crippen MR) is 75.7 cm³/mol. The number of carbonyl (C=O) groups excluding carboxylic acids is 1. The van der Waals surface area contributed by atoms with Crippen LogP contribution in [0.4, 0.5) is 0 Å². The predicted octanol–water partition coefficient (Wildman–Crippen LogP) is 3.90. The van der Waals surface area contributed by atoms with Crippen LogP contribution in [0.3, 0.4) is 0 Å². The summed E-state index contributed by atoms with van der Waals surface area (Å²) in [5.74, 6) is 3.05. The standard InChI is InChI=1S/C17H22O2/c1-4-13-11(3)15-8-12(14-7-10(14)2)5-6-17(15)19-9-16(13)18/h5-6,8,10-11,13-14H,4,7,9H2,1-3H3. The van der Waals surface area contributed by atoms with Crippen molar-refractivity contribution < 1.29 is 9.53 Å². The molecule has 1 aliphatic carbocycles. The number of rotatable bonds is 2. The Morgan fingerprint density at radius 3 is 2.68 bits per heavy atom. The van der Waals surface area contributed by atoms with Gasteiger partial charge in [0, 0.05) is 5.92 Å². The Morgan fingerprint density at radius 1 is 1.32 bits per heavy atom. The summed E-state index contributed by atoms with van der Waals surface area (Å²) in [5.41, 5.74) is 2.65. The molecule has 1 heterocycles. The average molecular weight is 258 g/mol. The van der Waals surface area contributed by atoms with Gasteiger partial charge in [-0.25, -0.2) is 0 Å². The van der Waals surface area contributed by atoms with Crippen LogP contribution in [-0.2, 0) is 4.79 Å². The summed E-state index contributed by atoms with van der Waals surface area (Å²) < 4.78 is 5.70. The molecule has 4 atom stereocenters. The number of ketones is 1. The van der Waals surface area contributed by atoms with E-state index in [9.17, 15) is 4.79 Å². The third kappa shape index (κ3) is 2.18. The molecule has 2 aliphatic rings. The van der Waals surface area contributed by atoms with Gasteiger partial charge in [0.2, 0.25) is 0 Å². The molecule has 1 aliphatic heterocycles. The zero-order valence-electron chi connectivity index (χ0n) is 12.0. The van der Waals surface area contributed by atoms with Crippen LogP contribution in [0.15, 0.2) is 18.2 Å². The molecule has 2 heteroatoms. The van der Waals surface area contributed by atoms with Crippen molar-refractivity contribution in [2.24, 2.45) is 11.8 Å². The number of ether oxygens (including phenoxy) is 1. The van der Waals surface area contributed by atoms with E-state index in [-0.39, 0.29) is 24.2 Å². The van der Waals surface area contributed by atoms with Gasteiger partial charge in [0.1, 0.15) is 12.4 Å². The van der Waals surface area contributed by atoms with Gasteiger partial charge < -0.3 is 4.74 Å². The Labute approximate surface area is 115 Å². The molecule has 2 nitrogen and oxygen atoms in total. The summed E-state index contributed by atoms with van der Waals surface area (Å²) in [6.07, 6.45) is 2.19. The van der Waals surface area contributed by atoms with Crippen molar-refractivity contribution in [1.29, 1.82) is 0 Å². The Kier molecular flexibility index (Phi) is 3.12. The number of hydrogen-bond donors (Lipinski definition) is 0. The van der Waals surface area contributed by atoms with Crippen molar-refractivity contribution in [2.45, 2.75) is 45.4 Å². The first kappa shape index (κ1) is 12.7. The minimum absolute atomic E-state index is 0.105. The first-order valence-electron chi connectivity index (χ1n) is 7.41. The molecule has 0 aromatic heterocycles. The molecule has 1 fully saturated rings. The first-order chi connectivity index (χ1) is 9.11. The Hall–Kier alpha value is -1.31. The second-order valence-electron chi connectivity index (χ2n) is 6.18. The van der Waals surface area contributed by atoms with Crippen LogP contribution in [0.5, 0.6) is 5.75 Å². The lowest BCUT2D eigenvalue weighted by Gasteiger charge is -2.19. The summed E-state index contributed by atoms with van der Waals surface area (Å²) in [5, 5.41) is 0. The SMILES string of the molecule is CCC1C(=O)COc2ccc(C3CC3C)cc2C1C. The molecule has 1 aromatic rings. The molecular weight excluding hydrogens is 236 g/mol. The fourth-order valence-corrected chi connectivity index (χ4v) is 3.40. The quantitative estimate of drug-likeness (QED) is 0.804. The lowest BCUT2D eigenvalue weighted by atomic mass is 9.82. The highest BCUT2D eigenvalue weighted by Gasteiger charge is 2.36. The molecule has 0 radical (unpaired) electrons. The van der Waals surface area contributed by atoms with Gasteiger partial charge in [0.05, 0.1) is 0 Å². The summed E-state index contributed by atoms with van der Waals surface area (Å²) in [4.78, 5) is 12.1. The van der Waals surface area contributed by atoms with Crippen LogP contribution < -0.4 is 4.74 Å². The van der Waals surface area contributed by atoms with E-state index in [0.29, 0.717) is 0 Å². The van der Waals surface area contributed by atoms with Crippen LogP contribution in [0.25, 0.3) is 0 Å². The molecule has 3 rings (SSSR count). The molecule has 19 heavy (non-hydrogen) atoms. The molecule has 0 amide bonds. The monoisotopic (exact) mass is 258 g/mol. The van der Waals surface area contributed by atoms with E-state index < -0.39 is 0 Å². The third-order valence-corrected chi connectivity index (χ3v) is 4.89. The lowest BCUT2D eigenvalue weighted by molar-refractivity contribution is -0.125. The van der Waals surface area contributed by atoms with Crippen molar-refractivity contribution in [2.75, 3.05) is 6.61 Å². The van der Waals surface area contributed by atoms with E-state index in [4.69, 9.17) is 4.74 Å². The van der Waals surface area contributed by atoms with Crippen LogP contribution in [0, 0.1) is 11.8 Å². The number of carbonyl (C=O) groups is 1. The van der Waals surface area contributed by atoms with Gasteiger partial charge in [-0.3, -0.25) is 4.79 Å². The fourth-order valence-electron chi connectivity index (χ4n) is 3.40. The summed E-state index contributed by atoms with van der Waals surface area (Å²) in [6, 6.07) is 6.53. The van der Waals surface area contributed by atoms with Gasteiger partial charge in [0.15, 0.2) is 5.78 Å². The number of Topliss-reactive ketones (excluding diaryl/α,β-unsaturated/α-hetero) is 1. The van der Waals surface area contributed by atoms with E-state index in [1.165, 1.54) is 17.5 Å². The molecule has 0 spiro atoms. The largest absolute Gasteiger partial charge is 0.486 e. The van der Waals surface area contributed by atoms with Gasteiger partial charge in [-0.15, -0.1) is 0 Å². The second-order valence-corrected chi connectivity index (χ2v) is 6.18. The van der Waals surface area contributed by atoms with E-state index in [0.717, 1.165) is 24.0 Å². The first-order valence-corrected chi connectivity index (χ1v) is 7.41. The highest BCUT2D eigenvalue weighted by Crippen LogP contribution is 2.48. The minimum atomic E-state index is 0.105. The Balaban J connectivity index is 1.98. The fraction of sp³-hybridized carbons (Fsp3) is 0.588. The van der Waals surface area contributed by atoms with Crippen molar-refractivity contribution in [3.63, 3.8) is 0 Å². The molecule has 1 aromatic carbocycles. The molecule has 0 saturated heterocycles. The molecule has 4 unspecified atom stereocenters. The maximum atomic E-state index is 12.1. The number of benzene rings is 1. The van der Waals surface area contributed by atoms with Crippen molar-refractivity contribution >= 4 is 5.78 Å². The van der Waals surface area contributed by atoms with E-state index in [1.807, 2.05) is 0 Å². The summed E-state index contributed by atoms with van der Waals surface area (Å²) in [6.45, 7) is 6.79. The van der Waals surface area contributed by atoms with Gasteiger partial charge in [-0.05, 0) is 47.8 Å². The normalized spacial score (nSPS) is 33.3. The zero-order valence-corrected chi connectivity index (χ0v) is 12.0.